The summed E-state index contributed by atoms with van der Waals surface area (Å²) < 4.78 is 0. The molecule has 0 spiro atoms. The van der Waals surface area contributed by atoms with Gasteiger partial charge >= 0.3 is 0 Å². The molecule has 28 heavy (non-hydrogen) atoms. The van der Waals surface area contributed by atoms with Crippen LogP contribution >= 0.6 is 0 Å². The zero-order chi connectivity index (χ0) is 20.4. The molecule has 1 atom stereocenters. The van der Waals surface area contributed by atoms with Gasteiger partial charge < -0.3 is 10.2 Å². The lowest BCUT2D eigenvalue weighted by Crippen LogP contribution is -2.29. The van der Waals surface area contributed by atoms with Crippen LogP contribution in [0.25, 0.3) is 0 Å². The molecule has 0 aliphatic carbocycles. The van der Waals surface area contributed by atoms with Crippen LogP contribution in [0.5, 0.6) is 0 Å². The molecule has 1 saturated heterocycles. The fourth-order valence-corrected chi connectivity index (χ4v) is 3.90. The molecule has 1 heterocycles. The second kappa shape index (κ2) is 8.17. The van der Waals surface area contributed by atoms with Crippen LogP contribution in [0.1, 0.15) is 62.6 Å². The molecule has 148 valence electrons. The van der Waals surface area contributed by atoms with Crippen LogP contribution in [-0.2, 0) is 9.59 Å². The number of para-hydroxylation sites is 2. The number of benzene rings is 2. The third-order valence-electron chi connectivity index (χ3n) is 5.52. The van der Waals surface area contributed by atoms with Gasteiger partial charge in [0.25, 0.3) is 0 Å². The van der Waals surface area contributed by atoms with Gasteiger partial charge in [-0.25, -0.2) is 0 Å². The van der Waals surface area contributed by atoms with Crippen molar-refractivity contribution in [2.24, 2.45) is 5.92 Å². The molecule has 2 aromatic rings. The minimum absolute atomic E-state index is 0.00989. The number of rotatable bonds is 5. The first-order chi connectivity index (χ1) is 13.3. The summed E-state index contributed by atoms with van der Waals surface area (Å²) in [6.07, 6.45) is 0.251. The van der Waals surface area contributed by atoms with E-state index in [1.807, 2.05) is 31.2 Å². The van der Waals surface area contributed by atoms with Gasteiger partial charge in [-0.05, 0) is 41.5 Å². The van der Waals surface area contributed by atoms with Gasteiger partial charge in [-0.15, -0.1) is 0 Å². The third-order valence-corrected chi connectivity index (χ3v) is 5.52. The highest BCUT2D eigenvalue weighted by molar-refractivity contribution is 6.04. The minimum atomic E-state index is -0.340. The number of amides is 2. The van der Waals surface area contributed by atoms with Crippen molar-refractivity contribution in [1.82, 2.24) is 0 Å². The van der Waals surface area contributed by atoms with Crippen LogP contribution in [0.4, 0.5) is 11.4 Å². The van der Waals surface area contributed by atoms with E-state index in [0.29, 0.717) is 18.4 Å². The van der Waals surface area contributed by atoms with E-state index < -0.39 is 0 Å². The molecule has 0 aromatic heterocycles. The second-order valence-corrected chi connectivity index (χ2v) is 8.30. The van der Waals surface area contributed by atoms with E-state index in [4.69, 9.17) is 0 Å². The van der Waals surface area contributed by atoms with Gasteiger partial charge in [-0.1, -0.05) is 64.1 Å². The lowest BCUT2D eigenvalue weighted by molar-refractivity contribution is -0.122. The van der Waals surface area contributed by atoms with Gasteiger partial charge in [0, 0.05) is 24.3 Å². The Balaban J connectivity index is 1.83. The normalized spacial score (nSPS) is 16.9. The number of aryl methyl sites for hydroxylation is 1. The van der Waals surface area contributed by atoms with Crippen molar-refractivity contribution in [1.29, 1.82) is 0 Å². The number of hydrogen-bond donors (Lipinski definition) is 1. The van der Waals surface area contributed by atoms with E-state index in [1.165, 1.54) is 0 Å². The SMILES string of the molecule is Cc1ccccc1N1CC(C(=O)Nc2c(C(C)C)cccc2C(C)C)CC1=O. The fraction of sp³-hybridized carbons (Fsp3) is 0.417. The van der Waals surface area contributed by atoms with Gasteiger partial charge in [-0.2, -0.15) is 0 Å². The molecule has 2 amide bonds. The predicted molar refractivity (Wildman–Crippen MR) is 115 cm³/mol. The zero-order valence-electron chi connectivity index (χ0n) is 17.5. The summed E-state index contributed by atoms with van der Waals surface area (Å²) in [6.45, 7) is 10.9. The van der Waals surface area contributed by atoms with E-state index in [-0.39, 0.29) is 24.2 Å². The Bertz CT molecular complexity index is 860. The Kier molecular flexibility index (Phi) is 5.87. The second-order valence-electron chi connectivity index (χ2n) is 8.30. The average Bonchev–Trinajstić information content (AvgIpc) is 3.03. The van der Waals surface area contributed by atoms with Crippen molar-refractivity contribution in [3.05, 3.63) is 59.2 Å². The minimum Gasteiger partial charge on any atom is -0.325 e. The molecule has 3 rings (SSSR count). The number of carbonyl (C=O) groups excluding carboxylic acids is 2. The summed E-state index contributed by atoms with van der Waals surface area (Å²) >= 11 is 0. The Labute approximate surface area is 167 Å². The maximum absolute atomic E-state index is 13.1. The topological polar surface area (TPSA) is 49.4 Å². The summed E-state index contributed by atoms with van der Waals surface area (Å²) in [6, 6.07) is 14.0. The number of hydrogen-bond acceptors (Lipinski definition) is 2. The molecule has 0 bridgehead atoms. The first-order valence-electron chi connectivity index (χ1n) is 10.1. The van der Waals surface area contributed by atoms with E-state index in [2.05, 4.69) is 51.2 Å². The van der Waals surface area contributed by atoms with Crippen LogP contribution in [0.15, 0.2) is 42.5 Å². The summed E-state index contributed by atoms with van der Waals surface area (Å²) in [4.78, 5) is 27.4. The van der Waals surface area contributed by atoms with Gasteiger partial charge in [0.2, 0.25) is 11.8 Å². The summed E-state index contributed by atoms with van der Waals surface area (Å²) in [5, 5.41) is 3.17. The molecule has 2 aromatic carbocycles. The molecule has 4 heteroatoms. The molecule has 1 aliphatic rings. The molecular formula is C24H30N2O2. The van der Waals surface area contributed by atoms with Crippen LogP contribution < -0.4 is 10.2 Å². The summed E-state index contributed by atoms with van der Waals surface area (Å²) in [5.74, 6) is 0.216. The Morgan fingerprint density at radius 3 is 2.18 bits per heavy atom. The van der Waals surface area contributed by atoms with Gasteiger partial charge in [0.05, 0.1) is 5.92 Å². The highest BCUT2D eigenvalue weighted by atomic mass is 16.2. The van der Waals surface area contributed by atoms with Crippen molar-refractivity contribution >= 4 is 23.2 Å². The lowest BCUT2D eigenvalue weighted by atomic mass is 9.92. The van der Waals surface area contributed by atoms with Crippen LogP contribution in [0, 0.1) is 12.8 Å². The molecule has 4 nitrogen and oxygen atoms in total. The first kappa shape index (κ1) is 20.1. The maximum Gasteiger partial charge on any atom is 0.229 e. The molecule has 0 radical (unpaired) electrons. The standard InChI is InChI=1S/C24H30N2O2/c1-15(2)19-10-8-11-20(16(3)4)23(19)25-24(28)18-13-22(27)26(14-18)21-12-7-6-9-17(21)5/h6-12,15-16,18H,13-14H2,1-5H3,(H,25,28). The highest BCUT2D eigenvalue weighted by Crippen LogP contribution is 2.34. The van der Waals surface area contributed by atoms with Crippen LogP contribution in [0.2, 0.25) is 0 Å². The number of anilines is 2. The van der Waals surface area contributed by atoms with Crippen molar-refractivity contribution in [3.63, 3.8) is 0 Å². The van der Waals surface area contributed by atoms with Gasteiger partial charge in [-0.3, -0.25) is 9.59 Å². The van der Waals surface area contributed by atoms with E-state index in [1.54, 1.807) is 4.90 Å². The number of carbonyl (C=O) groups is 2. The maximum atomic E-state index is 13.1. The number of nitrogens with one attached hydrogen (secondary N) is 1. The molecule has 1 unspecified atom stereocenters. The third kappa shape index (κ3) is 3.96. The highest BCUT2D eigenvalue weighted by Gasteiger charge is 2.36. The van der Waals surface area contributed by atoms with Crippen LogP contribution in [-0.4, -0.2) is 18.4 Å². The Morgan fingerprint density at radius 1 is 1.00 bits per heavy atom. The van der Waals surface area contributed by atoms with Crippen molar-refractivity contribution in [2.75, 3.05) is 16.8 Å². The van der Waals surface area contributed by atoms with Crippen molar-refractivity contribution in [3.8, 4) is 0 Å². The van der Waals surface area contributed by atoms with E-state index in [0.717, 1.165) is 28.1 Å². The summed E-state index contributed by atoms with van der Waals surface area (Å²) in [5.41, 5.74) is 5.14. The summed E-state index contributed by atoms with van der Waals surface area (Å²) in [7, 11) is 0. The van der Waals surface area contributed by atoms with Crippen molar-refractivity contribution in [2.45, 2.75) is 52.9 Å². The zero-order valence-corrected chi connectivity index (χ0v) is 17.5. The largest absolute Gasteiger partial charge is 0.325 e. The molecule has 1 fully saturated rings. The smallest absolute Gasteiger partial charge is 0.229 e. The molecule has 1 aliphatic heterocycles. The first-order valence-corrected chi connectivity index (χ1v) is 10.1. The van der Waals surface area contributed by atoms with Crippen LogP contribution in [0.3, 0.4) is 0 Å². The predicted octanol–water partition coefficient (Wildman–Crippen LogP) is 5.23. The quantitative estimate of drug-likeness (QED) is 0.774. The Hall–Kier alpha value is -2.62. The van der Waals surface area contributed by atoms with Crippen molar-refractivity contribution < 1.29 is 9.59 Å². The monoisotopic (exact) mass is 378 g/mol. The Morgan fingerprint density at radius 2 is 1.61 bits per heavy atom. The molecular weight excluding hydrogens is 348 g/mol. The average molecular weight is 379 g/mol. The van der Waals surface area contributed by atoms with E-state index in [9.17, 15) is 9.59 Å². The number of nitrogens with zero attached hydrogens (tertiary/aromatic N) is 1. The lowest BCUT2D eigenvalue weighted by Gasteiger charge is -2.22. The van der Waals surface area contributed by atoms with Gasteiger partial charge in [0.15, 0.2) is 0 Å². The van der Waals surface area contributed by atoms with E-state index >= 15 is 0 Å². The molecule has 0 saturated carbocycles. The molecule has 1 N–H and O–H groups in total. The van der Waals surface area contributed by atoms with Gasteiger partial charge in [0.1, 0.15) is 0 Å². The fourth-order valence-electron chi connectivity index (χ4n) is 3.90.